The van der Waals surface area contributed by atoms with Crippen LogP contribution in [-0.4, -0.2) is 42.3 Å². The number of nitrogens with zero attached hydrogens (tertiary/aromatic N) is 1. The average molecular weight is 266 g/mol. The molecule has 0 aliphatic carbocycles. The number of hydrogen-bond acceptors (Lipinski definition) is 3. The third-order valence-electron chi connectivity index (χ3n) is 3.63. The van der Waals surface area contributed by atoms with E-state index in [4.69, 9.17) is 5.11 Å². The number of aliphatic hydroxyl groups is 1. The van der Waals surface area contributed by atoms with Gasteiger partial charge in [0.05, 0.1) is 6.61 Å². The molecule has 106 valence electrons. The summed E-state index contributed by atoms with van der Waals surface area (Å²) in [6.45, 7) is 5.60. The van der Waals surface area contributed by atoms with Crippen molar-refractivity contribution in [3.8, 4) is 0 Å². The van der Waals surface area contributed by atoms with E-state index in [1.165, 1.54) is 6.07 Å². The van der Waals surface area contributed by atoms with Gasteiger partial charge in [0.1, 0.15) is 5.82 Å². The molecular weight excluding hydrogens is 243 g/mol. The Morgan fingerprint density at radius 3 is 2.89 bits per heavy atom. The van der Waals surface area contributed by atoms with Gasteiger partial charge in [0.15, 0.2) is 0 Å². The van der Waals surface area contributed by atoms with Gasteiger partial charge in [-0.05, 0) is 18.4 Å². The van der Waals surface area contributed by atoms with Gasteiger partial charge in [-0.1, -0.05) is 25.1 Å². The molecule has 2 unspecified atom stereocenters. The smallest absolute Gasteiger partial charge is 0.127 e. The number of hydrogen-bond donors (Lipinski definition) is 2. The van der Waals surface area contributed by atoms with Gasteiger partial charge >= 0.3 is 0 Å². The first-order chi connectivity index (χ1) is 9.19. The van der Waals surface area contributed by atoms with Gasteiger partial charge in [-0.3, -0.25) is 4.90 Å². The Labute approximate surface area is 114 Å². The lowest BCUT2D eigenvalue weighted by atomic mass is 9.95. The number of nitrogens with one attached hydrogen (secondary N) is 1. The van der Waals surface area contributed by atoms with E-state index in [0.29, 0.717) is 25.0 Å². The summed E-state index contributed by atoms with van der Waals surface area (Å²) in [6, 6.07) is 7.37. The predicted octanol–water partition coefficient (Wildman–Crippen LogP) is 1.62. The molecule has 1 aliphatic rings. The van der Waals surface area contributed by atoms with E-state index in [1.807, 2.05) is 12.1 Å². The molecule has 0 saturated carbocycles. The minimum Gasteiger partial charge on any atom is -0.395 e. The van der Waals surface area contributed by atoms with Gasteiger partial charge in [-0.25, -0.2) is 4.39 Å². The molecule has 0 radical (unpaired) electrons. The second-order valence-electron chi connectivity index (χ2n) is 5.50. The zero-order valence-corrected chi connectivity index (χ0v) is 11.5. The van der Waals surface area contributed by atoms with Crippen LogP contribution in [0.3, 0.4) is 0 Å². The lowest BCUT2D eigenvalue weighted by Crippen LogP contribution is -2.48. The summed E-state index contributed by atoms with van der Waals surface area (Å²) >= 11 is 0. The number of rotatable bonds is 5. The zero-order valence-electron chi connectivity index (χ0n) is 11.5. The highest BCUT2D eigenvalue weighted by molar-refractivity contribution is 5.17. The molecule has 1 aromatic carbocycles. The highest BCUT2D eigenvalue weighted by Gasteiger charge is 2.24. The van der Waals surface area contributed by atoms with Gasteiger partial charge in [0.25, 0.3) is 0 Å². The van der Waals surface area contributed by atoms with Crippen molar-refractivity contribution >= 4 is 0 Å². The van der Waals surface area contributed by atoms with Crippen LogP contribution in [0.15, 0.2) is 24.3 Å². The summed E-state index contributed by atoms with van der Waals surface area (Å²) < 4.78 is 13.7. The molecule has 0 bridgehead atoms. The minimum atomic E-state index is -0.124. The average Bonchev–Trinajstić information content (AvgIpc) is 2.38. The lowest BCUT2D eigenvalue weighted by Gasteiger charge is -2.37. The molecular formula is C15H23FN2O. The van der Waals surface area contributed by atoms with Crippen LogP contribution >= 0.6 is 0 Å². The molecule has 3 nitrogen and oxygen atoms in total. The molecule has 1 saturated heterocycles. The maximum atomic E-state index is 13.7. The molecule has 2 atom stereocenters. The number of aliphatic hydroxyl groups excluding tert-OH is 1. The van der Waals surface area contributed by atoms with Crippen molar-refractivity contribution < 1.29 is 9.50 Å². The predicted molar refractivity (Wildman–Crippen MR) is 74.3 cm³/mol. The van der Waals surface area contributed by atoms with Crippen LogP contribution < -0.4 is 5.32 Å². The Morgan fingerprint density at radius 2 is 2.16 bits per heavy atom. The molecule has 4 heteroatoms. The third kappa shape index (κ3) is 4.27. The summed E-state index contributed by atoms with van der Waals surface area (Å²) in [5.74, 6) is 0.470. The van der Waals surface area contributed by atoms with Crippen LogP contribution in [0.4, 0.5) is 4.39 Å². The quantitative estimate of drug-likeness (QED) is 0.850. The van der Waals surface area contributed by atoms with Crippen LogP contribution in [0.2, 0.25) is 0 Å². The van der Waals surface area contributed by atoms with Crippen LogP contribution in [0.5, 0.6) is 0 Å². The number of halogens is 1. The maximum Gasteiger partial charge on any atom is 0.127 e. The Hall–Kier alpha value is -0.970. The largest absolute Gasteiger partial charge is 0.395 e. The van der Waals surface area contributed by atoms with E-state index in [9.17, 15) is 4.39 Å². The second kappa shape index (κ2) is 6.98. The lowest BCUT2D eigenvalue weighted by molar-refractivity contribution is 0.137. The summed E-state index contributed by atoms with van der Waals surface area (Å²) in [6.07, 6.45) is 1.12. The van der Waals surface area contributed by atoms with Crippen molar-refractivity contribution in [1.29, 1.82) is 0 Å². The third-order valence-corrected chi connectivity index (χ3v) is 3.63. The monoisotopic (exact) mass is 266 g/mol. The van der Waals surface area contributed by atoms with Crippen LogP contribution in [0.1, 0.15) is 18.9 Å². The van der Waals surface area contributed by atoms with E-state index in [-0.39, 0.29) is 12.4 Å². The van der Waals surface area contributed by atoms with Crippen molar-refractivity contribution in [2.45, 2.75) is 25.9 Å². The van der Waals surface area contributed by atoms with E-state index in [1.54, 1.807) is 6.07 Å². The highest BCUT2D eigenvalue weighted by Crippen LogP contribution is 2.19. The summed E-state index contributed by atoms with van der Waals surface area (Å²) in [5, 5.41) is 12.2. The SMILES string of the molecule is CC1CC(NCCO)CN(Cc2ccccc2F)C1. The van der Waals surface area contributed by atoms with Crippen molar-refractivity contribution in [3.63, 3.8) is 0 Å². The Balaban J connectivity index is 1.94. The summed E-state index contributed by atoms with van der Waals surface area (Å²) in [4.78, 5) is 2.29. The van der Waals surface area contributed by atoms with Gasteiger partial charge in [0, 0.05) is 37.8 Å². The number of likely N-dealkylation sites (tertiary alicyclic amines) is 1. The summed E-state index contributed by atoms with van der Waals surface area (Å²) in [5.41, 5.74) is 0.762. The maximum absolute atomic E-state index is 13.7. The molecule has 2 N–H and O–H groups in total. The minimum absolute atomic E-state index is 0.124. The van der Waals surface area contributed by atoms with Crippen molar-refractivity contribution in [3.05, 3.63) is 35.6 Å². The molecule has 1 heterocycles. The fourth-order valence-corrected chi connectivity index (χ4v) is 2.87. The van der Waals surface area contributed by atoms with Crippen molar-refractivity contribution in [2.24, 2.45) is 5.92 Å². The standard InChI is InChI=1S/C15H23FN2O/c1-12-8-14(17-6-7-19)11-18(9-12)10-13-4-2-3-5-15(13)16/h2-5,12,14,17,19H,6-11H2,1H3. The van der Waals surface area contributed by atoms with E-state index >= 15 is 0 Å². The highest BCUT2D eigenvalue weighted by atomic mass is 19.1. The molecule has 1 fully saturated rings. The van der Waals surface area contributed by atoms with Crippen LogP contribution in [-0.2, 0) is 6.54 Å². The van der Waals surface area contributed by atoms with E-state index in [2.05, 4.69) is 17.1 Å². The van der Waals surface area contributed by atoms with Crippen LogP contribution in [0, 0.1) is 11.7 Å². The summed E-state index contributed by atoms with van der Waals surface area (Å²) in [7, 11) is 0. The molecule has 0 spiro atoms. The second-order valence-corrected chi connectivity index (χ2v) is 5.50. The molecule has 0 aromatic heterocycles. The fraction of sp³-hybridized carbons (Fsp3) is 0.600. The van der Waals surface area contributed by atoms with Gasteiger partial charge in [-0.15, -0.1) is 0 Å². The van der Waals surface area contributed by atoms with E-state index in [0.717, 1.165) is 25.1 Å². The Morgan fingerprint density at radius 1 is 1.37 bits per heavy atom. The normalized spacial score (nSPS) is 24.6. The molecule has 1 aromatic rings. The Kier molecular flexibility index (Phi) is 5.31. The van der Waals surface area contributed by atoms with Crippen molar-refractivity contribution in [2.75, 3.05) is 26.2 Å². The first-order valence-corrected chi connectivity index (χ1v) is 6.99. The topological polar surface area (TPSA) is 35.5 Å². The first-order valence-electron chi connectivity index (χ1n) is 6.99. The molecule has 0 amide bonds. The number of piperidine rings is 1. The molecule has 19 heavy (non-hydrogen) atoms. The van der Waals surface area contributed by atoms with Crippen LogP contribution in [0.25, 0.3) is 0 Å². The number of benzene rings is 1. The fourth-order valence-electron chi connectivity index (χ4n) is 2.87. The van der Waals surface area contributed by atoms with Gasteiger partial charge in [0.2, 0.25) is 0 Å². The molecule has 1 aliphatic heterocycles. The molecule has 2 rings (SSSR count). The van der Waals surface area contributed by atoms with Crippen molar-refractivity contribution in [1.82, 2.24) is 10.2 Å². The Bertz CT molecular complexity index is 399. The first kappa shape index (κ1) is 14.4. The van der Waals surface area contributed by atoms with E-state index < -0.39 is 0 Å². The zero-order chi connectivity index (χ0) is 13.7. The van der Waals surface area contributed by atoms with Gasteiger partial charge in [-0.2, -0.15) is 0 Å². The van der Waals surface area contributed by atoms with Gasteiger partial charge < -0.3 is 10.4 Å².